The van der Waals surface area contributed by atoms with Gasteiger partial charge < -0.3 is 16.4 Å². The van der Waals surface area contributed by atoms with Gasteiger partial charge in [-0.05, 0) is 42.0 Å². The monoisotopic (exact) mass is 359 g/mol. The summed E-state index contributed by atoms with van der Waals surface area (Å²) in [6.45, 7) is 0.582. The minimum Gasteiger partial charge on any atom is -0.393 e. The molecule has 24 heavy (non-hydrogen) atoms. The molecule has 3 aromatic rings. The predicted octanol–water partition coefficient (Wildman–Crippen LogP) is 4.72. The molecule has 0 amide bonds. The predicted molar refractivity (Wildman–Crippen MR) is 100.0 cm³/mol. The van der Waals surface area contributed by atoms with Crippen molar-refractivity contribution in [2.75, 3.05) is 16.4 Å². The fourth-order valence-corrected chi connectivity index (χ4v) is 2.35. The molecule has 4 N–H and O–H groups in total. The van der Waals surface area contributed by atoms with Crippen LogP contribution in [0.4, 0.5) is 23.0 Å². The molecule has 0 radical (unpaired) electrons. The highest BCUT2D eigenvalue weighted by molar-refractivity contribution is 6.30. The molecule has 2 aromatic carbocycles. The van der Waals surface area contributed by atoms with Crippen LogP contribution in [0, 0.1) is 0 Å². The van der Waals surface area contributed by atoms with Gasteiger partial charge in [0.2, 0.25) is 0 Å². The molecule has 5 nitrogen and oxygen atoms in total. The van der Waals surface area contributed by atoms with Gasteiger partial charge in [0.25, 0.3) is 0 Å². The molecule has 1 aromatic heterocycles. The van der Waals surface area contributed by atoms with Gasteiger partial charge in [-0.3, -0.25) is 0 Å². The van der Waals surface area contributed by atoms with E-state index in [1.54, 1.807) is 12.1 Å². The second kappa shape index (κ2) is 7.38. The minimum atomic E-state index is 0.446. The molecular weight excluding hydrogens is 345 g/mol. The Kier molecular flexibility index (Phi) is 5.03. The van der Waals surface area contributed by atoms with E-state index in [0.29, 0.717) is 33.9 Å². The van der Waals surface area contributed by atoms with E-state index in [4.69, 9.17) is 28.9 Å². The van der Waals surface area contributed by atoms with Crippen molar-refractivity contribution in [1.29, 1.82) is 0 Å². The lowest BCUT2D eigenvalue weighted by atomic mass is 10.2. The van der Waals surface area contributed by atoms with Gasteiger partial charge in [-0.25, -0.2) is 9.97 Å². The van der Waals surface area contributed by atoms with Gasteiger partial charge in [0.15, 0.2) is 11.6 Å². The first-order valence-corrected chi connectivity index (χ1v) is 7.99. The van der Waals surface area contributed by atoms with Crippen molar-refractivity contribution >= 4 is 46.2 Å². The normalized spacial score (nSPS) is 10.4. The zero-order valence-corrected chi connectivity index (χ0v) is 14.1. The molecule has 0 unspecified atom stereocenters. The van der Waals surface area contributed by atoms with Crippen molar-refractivity contribution in [2.45, 2.75) is 6.54 Å². The Morgan fingerprint density at radius 1 is 0.833 bits per heavy atom. The third kappa shape index (κ3) is 4.07. The lowest BCUT2D eigenvalue weighted by Gasteiger charge is -2.12. The van der Waals surface area contributed by atoms with E-state index in [-0.39, 0.29) is 0 Å². The summed E-state index contributed by atoms with van der Waals surface area (Å²) in [6, 6.07) is 14.9. The first kappa shape index (κ1) is 16.4. The Bertz CT molecular complexity index is 819. The van der Waals surface area contributed by atoms with Gasteiger partial charge in [-0.2, -0.15) is 0 Å². The SMILES string of the molecule is Nc1c(NCc2ccc(Cl)cc2)ncnc1Nc1ccc(Cl)cc1. The van der Waals surface area contributed by atoms with Gasteiger partial charge in [0.1, 0.15) is 12.0 Å². The number of benzene rings is 2. The summed E-state index contributed by atoms with van der Waals surface area (Å²) in [6.07, 6.45) is 1.46. The maximum absolute atomic E-state index is 6.15. The number of anilines is 4. The molecule has 3 rings (SSSR count). The maximum Gasteiger partial charge on any atom is 0.159 e. The molecular formula is C17H15Cl2N5. The molecule has 0 saturated carbocycles. The molecule has 0 saturated heterocycles. The van der Waals surface area contributed by atoms with Crippen molar-refractivity contribution in [3.8, 4) is 0 Å². The highest BCUT2D eigenvalue weighted by Crippen LogP contribution is 2.26. The number of rotatable bonds is 5. The maximum atomic E-state index is 6.15. The first-order chi connectivity index (χ1) is 11.6. The number of hydrogen-bond donors (Lipinski definition) is 3. The molecule has 122 valence electrons. The Labute approximate surface area is 149 Å². The van der Waals surface area contributed by atoms with E-state index in [1.807, 2.05) is 36.4 Å². The van der Waals surface area contributed by atoms with Crippen molar-refractivity contribution in [1.82, 2.24) is 9.97 Å². The molecule has 0 atom stereocenters. The summed E-state index contributed by atoms with van der Waals surface area (Å²) < 4.78 is 0. The number of nitrogens with one attached hydrogen (secondary N) is 2. The van der Waals surface area contributed by atoms with Crippen LogP contribution in [0.2, 0.25) is 10.0 Å². The summed E-state index contributed by atoms with van der Waals surface area (Å²) in [5.74, 6) is 1.10. The van der Waals surface area contributed by atoms with Crippen LogP contribution >= 0.6 is 23.2 Å². The topological polar surface area (TPSA) is 75.9 Å². The fourth-order valence-electron chi connectivity index (χ4n) is 2.09. The number of nitrogens with zero attached hydrogens (tertiary/aromatic N) is 2. The van der Waals surface area contributed by atoms with E-state index in [9.17, 15) is 0 Å². The van der Waals surface area contributed by atoms with E-state index in [2.05, 4.69) is 20.6 Å². The quantitative estimate of drug-likeness (QED) is 0.614. The fraction of sp³-hybridized carbons (Fsp3) is 0.0588. The van der Waals surface area contributed by atoms with Crippen LogP contribution < -0.4 is 16.4 Å². The second-order valence-corrected chi connectivity index (χ2v) is 5.97. The van der Waals surface area contributed by atoms with E-state index in [1.165, 1.54) is 6.33 Å². The third-order valence-corrected chi connectivity index (χ3v) is 3.87. The van der Waals surface area contributed by atoms with Crippen LogP contribution in [0.15, 0.2) is 54.9 Å². The summed E-state index contributed by atoms with van der Waals surface area (Å²) in [7, 11) is 0. The highest BCUT2D eigenvalue weighted by Gasteiger charge is 2.08. The van der Waals surface area contributed by atoms with E-state index >= 15 is 0 Å². The molecule has 0 aliphatic rings. The number of nitrogens with two attached hydrogens (primary N) is 1. The van der Waals surface area contributed by atoms with Gasteiger partial charge in [0, 0.05) is 22.3 Å². The minimum absolute atomic E-state index is 0.446. The number of halogens is 2. The lowest BCUT2D eigenvalue weighted by Crippen LogP contribution is -2.08. The van der Waals surface area contributed by atoms with Gasteiger partial charge >= 0.3 is 0 Å². The molecule has 0 spiro atoms. The Morgan fingerprint density at radius 3 is 2.08 bits per heavy atom. The smallest absolute Gasteiger partial charge is 0.159 e. The number of aromatic nitrogens is 2. The first-order valence-electron chi connectivity index (χ1n) is 7.23. The zero-order chi connectivity index (χ0) is 16.9. The summed E-state index contributed by atoms with van der Waals surface area (Å²) in [4.78, 5) is 8.38. The Morgan fingerprint density at radius 2 is 1.42 bits per heavy atom. The molecule has 7 heteroatoms. The summed E-state index contributed by atoms with van der Waals surface area (Å²) >= 11 is 11.8. The van der Waals surface area contributed by atoms with Gasteiger partial charge in [0.05, 0.1) is 0 Å². The second-order valence-electron chi connectivity index (χ2n) is 5.10. The Hall–Kier alpha value is -2.50. The van der Waals surface area contributed by atoms with Crippen LogP contribution in [0.1, 0.15) is 5.56 Å². The summed E-state index contributed by atoms with van der Waals surface area (Å²) in [5.41, 5.74) is 8.51. The number of nitrogen functional groups attached to an aromatic ring is 1. The average Bonchev–Trinajstić information content (AvgIpc) is 2.59. The highest BCUT2D eigenvalue weighted by atomic mass is 35.5. The Balaban J connectivity index is 1.72. The van der Waals surface area contributed by atoms with E-state index in [0.717, 1.165) is 11.3 Å². The van der Waals surface area contributed by atoms with Crippen LogP contribution in [-0.2, 0) is 6.54 Å². The van der Waals surface area contributed by atoms with Crippen molar-refractivity contribution in [3.63, 3.8) is 0 Å². The zero-order valence-electron chi connectivity index (χ0n) is 12.6. The molecule has 0 aliphatic carbocycles. The molecule has 1 heterocycles. The lowest BCUT2D eigenvalue weighted by molar-refractivity contribution is 1.09. The molecule has 0 bridgehead atoms. The van der Waals surface area contributed by atoms with Gasteiger partial charge in [-0.15, -0.1) is 0 Å². The number of hydrogen-bond acceptors (Lipinski definition) is 5. The van der Waals surface area contributed by atoms with Crippen molar-refractivity contribution < 1.29 is 0 Å². The van der Waals surface area contributed by atoms with Crippen molar-refractivity contribution in [2.24, 2.45) is 0 Å². The van der Waals surface area contributed by atoms with Crippen LogP contribution in [0.5, 0.6) is 0 Å². The van der Waals surface area contributed by atoms with Gasteiger partial charge in [-0.1, -0.05) is 35.3 Å². The average molecular weight is 360 g/mol. The third-order valence-electron chi connectivity index (χ3n) is 3.36. The molecule has 0 fully saturated rings. The van der Waals surface area contributed by atoms with Crippen LogP contribution in [0.3, 0.4) is 0 Å². The van der Waals surface area contributed by atoms with Crippen molar-refractivity contribution in [3.05, 3.63) is 70.5 Å². The molecule has 0 aliphatic heterocycles. The van der Waals surface area contributed by atoms with Crippen LogP contribution in [0.25, 0.3) is 0 Å². The standard InChI is InChI=1S/C17H15Cl2N5/c18-12-3-1-11(2-4-12)9-21-16-15(20)17(23-10-22-16)24-14-7-5-13(19)6-8-14/h1-8,10H,9,20H2,(H2,21,22,23,24). The summed E-state index contributed by atoms with van der Waals surface area (Å²) in [5, 5.41) is 7.73. The van der Waals surface area contributed by atoms with E-state index < -0.39 is 0 Å². The largest absolute Gasteiger partial charge is 0.393 e. The van der Waals surface area contributed by atoms with Crippen LogP contribution in [-0.4, -0.2) is 9.97 Å².